The Kier molecular flexibility index (Phi) is 3.00. The maximum atomic E-state index is 4.62. The SMILES string of the molecule is Cc1cccc(N2CCC[C@H](c3cn[nH]c3)C2)n1. The third-order valence-corrected chi connectivity index (χ3v) is 3.61. The third-order valence-electron chi connectivity index (χ3n) is 3.61. The lowest BCUT2D eigenvalue weighted by molar-refractivity contribution is 0.507. The molecule has 4 heteroatoms. The first-order valence-electron chi connectivity index (χ1n) is 6.50. The molecule has 1 saturated heterocycles. The van der Waals surface area contributed by atoms with Gasteiger partial charge in [-0.2, -0.15) is 5.10 Å². The molecule has 4 nitrogen and oxygen atoms in total. The van der Waals surface area contributed by atoms with E-state index in [-0.39, 0.29) is 0 Å². The summed E-state index contributed by atoms with van der Waals surface area (Å²) in [6, 6.07) is 6.23. The van der Waals surface area contributed by atoms with Gasteiger partial charge in [-0.1, -0.05) is 6.07 Å². The smallest absolute Gasteiger partial charge is 0.128 e. The standard InChI is InChI=1S/C14H18N4/c1-11-4-2-6-14(17-11)18-7-3-5-12(10-18)13-8-15-16-9-13/h2,4,6,8-9,12H,3,5,7,10H2,1H3,(H,15,16)/t12-/m0/s1. The fourth-order valence-electron chi connectivity index (χ4n) is 2.65. The zero-order valence-electron chi connectivity index (χ0n) is 10.6. The van der Waals surface area contributed by atoms with Crippen LogP contribution in [0.5, 0.6) is 0 Å². The van der Waals surface area contributed by atoms with Crippen LogP contribution < -0.4 is 4.90 Å². The zero-order chi connectivity index (χ0) is 12.4. The van der Waals surface area contributed by atoms with Crippen molar-refractivity contribution in [2.75, 3.05) is 18.0 Å². The average molecular weight is 242 g/mol. The molecule has 94 valence electrons. The van der Waals surface area contributed by atoms with Gasteiger partial charge in [0.25, 0.3) is 0 Å². The lowest BCUT2D eigenvalue weighted by Gasteiger charge is -2.33. The fourth-order valence-corrected chi connectivity index (χ4v) is 2.65. The summed E-state index contributed by atoms with van der Waals surface area (Å²) in [6.07, 6.45) is 6.41. The van der Waals surface area contributed by atoms with Gasteiger partial charge in [-0.05, 0) is 37.5 Å². The molecule has 18 heavy (non-hydrogen) atoms. The second kappa shape index (κ2) is 4.80. The minimum absolute atomic E-state index is 0.569. The van der Waals surface area contributed by atoms with Crippen LogP contribution in [0, 0.1) is 6.92 Å². The summed E-state index contributed by atoms with van der Waals surface area (Å²) in [5.74, 6) is 1.67. The second-order valence-corrected chi connectivity index (χ2v) is 4.95. The topological polar surface area (TPSA) is 44.8 Å². The van der Waals surface area contributed by atoms with Crippen LogP contribution in [-0.4, -0.2) is 28.3 Å². The monoisotopic (exact) mass is 242 g/mol. The summed E-state index contributed by atoms with van der Waals surface area (Å²) >= 11 is 0. The molecular formula is C14H18N4. The molecule has 0 spiro atoms. The van der Waals surface area contributed by atoms with E-state index in [9.17, 15) is 0 Å². The van der Waals surface area contributed by atoms with E-state index in [4.69, 9.17) is 0 Å². The van der Waals surface area contributed by atoms with Crippen LogP contribution in [0.1, 0.15) is 30.0 Å². The Morgan fingerprint density at radius 2 is 2.33 bits per heavy atom. The number of hydrogen-bond acceptors (Lipinski definition) is 3. The molecule has 1 aliphatic heterocycles. The van der Waals surface area contributed by atoms with Crippen molar-refractivity contribution in [2.45, 2.75) is 25.7 Å². The molecule has 0 bridgehead atoms. The van der Waals surface area contributed by atoms with Crippen LogP contribution in [0.2, 0.25) is 0 Å². The summed E-state index contributed by atoms with van der Waals surface area (Å²) in [4.78, 5) is 7.00. The van der Waals surface area contributed by atoms with Gasteiger partial charge in [0.2, 0.25) is 0 Å². The molecular weight excluding hydrogens is 224 g/mol. The highest BCUT2D eigenvalue weighted by atomic mass is 15.2. The van der Waals surface area contributed by atoms with Gasteiger partial charge in [-0.3, -0.25) is 5.10 Å². The summed E-state index contributed by atoms with van der Waals surface area (Å²) in [7, 11) is 0. The number of nitrogens with one attached hydrogen (secondary N) is 1. The van der Waals surface area contributed by atoms with Crippen molar-refractivity contribution in [3.63, 3.8) is 0 Å². The van der Waals surface area contributed by atoms with Gasteiger partial charge in [0, 0.05) is 30.9 Å². The normalized spacial score (nSPS) is 20.1. The Morgan fingerprint density at radius 3 is 3.11 bits per heavy atom. The minimum atomic E-state index is 0.569. The Labute approximate surface area is 107 Å². The van der Waals surface area contributed by atoms with Gasteiger partial charge in [0.05, 0.1) is 6.20 Å². The lowest BCUT2D eigenvalue weighted by atomic mass is 9.93. The van der Waals surface area contributed by atoms with Crippen molar-refractivity contribution >= 4 is 5.82 Å². The molecule has 1 N–H and O–H groups in total. The highest BCUT2D eigenvalue weighted by Gasteiger charge is 2.22. The molecule has 0 amide bonds. The number of nitrogens with zero attached hydrogens (tertiary/aromatic N) is 3. The molecule has 3 rings (SSSR count). The number of pyridine rings is 1. The summed E-state index contributed by atoms with van der Waals surface area (Å²) in [5, 5.41) is 6.96. The van der Waals surface area contributed by atoms with E-state index >= 15 is 0 Å². The Bertz CT molecular complexity index is 506. The first kappa shape index (κ1) is 11.3. The number of aromatic nitrogens is 3. The van der Waals surface area contributed by atoms with Gasteiger partial charge in [-0.15, -0.1) is 0 Å². The predicted molar refractivity (Wildman–Crippen MR) is 71.7 cm³/mol. The van der Waals surface area contributed by atoms with Gasteiger partial charge in [0.15, 0.2) is 0 Å². The maximum Gasteiger partial charge on any atom is 0.128 e. The van der Waals surface area contributed by atoms with E-state index in [1.165, 1.54) is 18.4 Å². The van der Waals surface area contributed by atoms with E-state index in [0.717, 1.165) is 24.6 Å². The van der Waals surface area contributed by atoms with Gasteiger partial charge < -0.3 is 4.90 Å². The molecule has 2 aromatic rings. The number of rotatable bonds is 2. The third kappa shape index (κ3) is 2.23. The Balaban J connectivity index is 1.78. The van der Waals surface area contributed by atoms with Crippen molar-refractivity contribution < 1.29 is 0 Å². The summed E-state index contributed by atoms with van der Waals surface area (Å²) < 4.78 is 0. The number of H-pyrrole nitrogens is 1. The van der Waals surface area contributed by atoms with E-state index in [1.54, 1.807) is 0 Å². The summed E-state index contributed by atoms with van der Waals surface area (Å²) in [5.41, 5.74) is 2.39. The number of aromatic amines is 1. The lowest BCUT2D eigenvalue weighted by Crippen LogP contribution is -2.34. The van der Waals surface area contributed by atoms with Crippen LogP contribution in [-0.2, 0) is 0 Å². The second-order valence-electron chi connectivity index (χ2n) is 4.95. The van der Waals surface area contributed by atoms with Crippen LogP contribution in [0.4, 0.5) is 5.82 Å². The number of anilines is 1. The molecule has 1 fully saturated rings. The molecule has 0 aromatic carbocycles. The van der Waals surface area contributed by atoms with Crippen molar-refractivity contribution in [1.29, 1.82) is 0 Å². The van der Waals surface area contributed by atoms with Crippen LogP contribution in [0.25, 0.3) is 0 Å². The molecule has 0 unspecified atom stereocenters. The molecule has 1 atom stereocenters. The van der Waals surface area contributed by atoms with Crippen molar-refractivity contribution in [1.82, 2.24) is 15.2 Å². The molecule has 1 aliphatic rings. The van der Waals surface area contributed by atoms with Crippen LogP contribution >= 0.6 is 0 Å². The van der Waals surface area contributed by atoms with E-state index in [1.807, 2.05) is 25.4 Å². The van der Waals surface area contributed by atoms with Gasteiger partial charge in [0.1, 0.15) is 5.82 Å². The Morgan fingerprint density at radius 1 is 1.39 bits per heavy atom. The molecule has 0 saturated carbocycles. The quantitative estimate of drug-likeness (QED) is 0.880. The van der Waals surface area contributed by atoms with Crippen LogP contribution in [0.3, 0.4) is 0 Å². The molecule has 2 aromatic heterocycles. The predicted octanol–water partition coefficient (Wildman–Crippen LogP) is 2.50. The van der Waals surface area contributed by atoms with Crippen molar-refractivity contribution in [2.24, 2.45) is 0 Å². The Hall–Kier alpha value is -1.84. The van der Waals surface area contributed by atoms with E-state index < -0.39 is 0 Å². The molecule has 0 aliphatic carbocycles. The number of piperidine rings is 1. The highest BCUT2D eigenvalue weighted by Crippen LogP contribution is 2.28. The van der Waals surface area contributed by atoms with Crippen molar-refractivity contribution in [3.8, 4) is 0 Å². The largest absolute Gasteiger partial charge is 0.356 e. The zero-order valence-corrected chi connectivity index (χ0v) is 10.6. The van der Waals surface area contributed by atoms with E-state index in [0.29, 0.717) is 5.92 Å². The number of hydrogen-bond donors (Lipinski definition) is 1. The first-order valence-corrected chi connectivity index (χ1v) is 6.50. The van der Waals surface area contributed by atoms with Gasteiger partial charge in [-0.25, -0.2) is 4.98 Å². The average Bonchev–Trinajstić information content (AvgIpc) is 2.93. The maximum absolute atomic E-state index is 4.62. The highest BCUT2D eigenvalue weighted by molar-refractivity contribution is 5.40. The van der Waals surface area contributed by atoms with Crippen LogP contribution in [0.15, 0.2) is 30.6 Å². The summed E-state index contributed by atoms with van der Waals surface area (Å²) in [6.45, 7) is 4.18. The first-order chi connectivity index (χ1) is 8.83. The molecule has 0 radical (unpaired) electrons. The van der Waals surface area contributed by atoms with E-state index in [2.05, 4.69) is 32.2 Å². The van der Waals surface area contributed by atoms with Crippen molar-refractivity contribution in [3.05, 3.63) is 41.9 Å². The minimum Gasteiger partial charge on any atom is -0.356 e. The van der Waals surface area contributed by atoms with Gasteiger partial charge >= 0.3 is 0 Å². The number of aryl methyl sites for hydroxylation is 1. The fraction of sp³-hybridized carbons (Fsp3) is 0.429. The molecule has 3 heterocycles.